The van der Waals surface area contributed by atoms with Gasteiger partial charge in [0.1, 0.15) is 17.3 Å². The minimum Gasteiger partial charge on any atom is -0.356 e. The fourth-order valence-electron chi connectivity index (χ4n) is 3.80. The van der Waals surface area contributed by atoms with E-state index in [1.165, 1.54) is 25.0 Å². The maximum atomic E-state index is 13.3. The number of benzene rings is 2. The molecule has 4 aromatic rings. The molecule has 1 aliphatic rings. The number of nitrogens with zero attached hydrogens (tertiary/aromatic N) is 5. The number of para-hydroxylation sites is 1. The van der Waals surface area contributed by atoms with Crippen LogP contribution in [0, 0.1) is 11.7 Å². The van der Waals surface area contributed by atoms with Gasteiger partial charge in [-0.25, -0.2) is 9.37 Å². The number of aromatic nitrogens is 4. The lowest BCUT2D eigenvalue weighted by molar-refractivity contribution is 0.437. The predicted octanol–water partition coefficient (Wildman–Crippen LogP) is 4.32. The molecule has 27 heavy (non-hydrogen) atoms. The van der Waals surface area contributed by atoms with Crippen LogP contribution < -0.4 is 4.90 Å². The van der Waals surface area contributed by atoms with Crippen molar-refractivity contribution in [2.24, 2.45) is 5.92 Å². The summed E-state index contributed by atoms with van der Waals surface area (Å²) in [4.78, 5) is 7.35. The van der Waals surface area contributed by atoms with Gasteiger partial charge in [-0.05, 0) is 55.2 Å². The van der Waals surface area contributed by atoms with E-state index in [0.717, 1.165) is 41.3 Å². The lowest BCUT2D eigenvalue weighted by Gasteiger charge is -2.32. The van der Waals surface area contributed by atoms with Gasteiger partial charge in [-0.1, -0.05) is 24.3 Å². The van der Waals surface area contributed by atoms with E-state index >= 15 is 0 Å². The van der Waals surface area contributed by atoms with Crippen molar-refractivity contribution in [2.75, 3.05) is 18.0 Å². The molecule has 1 aliphatic heterocycles. The van der Waals surface area contributed by atoms with E-state index in [1.807, 2.05) is 18.2 Å². The van der Waals surface area contributed by atoms with Gasteiger partial charge in [0.25, 0.3) is 0 Å². The highest BCUT2D eigenvalue weighted by atomic mass is 19.1. The molecule has 0 amide bonds. The first-order valence-corrected chi connectivity index (χ1v) is 9.36. The molecule has 0 N–H and O–H groups in total. The van der Waals surface area contributed by atoms with Gasteiger partial charge in [-0.3, -0.25) is 0 Å². The number of halogens is 1. The lowest BCUT2D eigenvalue weighted by atomic mass is 9.99. The van der Waals surface area contributed by atoms with E-state index in [4.69, 9.17) is 4.98 Å². The summed E-state index contributed by atoms with van der Waals surface area (Å²) in [5.74, 6) is 1.47. The molecular weight excluding hydrogens is 341 g/mol. The Bertz CT molecular complexity index is 1110. The Balaban J connectivity index is 1.73. The number of rotatable bonds is 2. The highest BCUT2D eigenvalue weighted by molar-refractivity contribution is 5.93. The SMILES string of the molecule is CC1CCN(c2nc3c(-c4ccc(F)cc4)nnn3c3ccccc23)CC1. The van der Waals surface area contributed by atoms with Gasteiger partial charge in [0.05, 0.1) is 5.52 Å². The number of piperidine rings is 1. The molecule has 0 radical (unpaired) electrons. The summed E-state index contributed by atoms with van der Waals surface area (Å²) in [5, 5.41) is 9.77. The highest BCUT2D eigenvalue weighted by Crippen LogP contribution is 2.31. The molecule has 136 valence electrons. The van der Waals surface area contributed by atoms with Crippen LogP contribution in [0.3, 0.4) is 0 Å². The third-order valence-corrected chi connectivity index (χ3v) is 5.43. The normalized spacial score (nSPS) is 15.7. The first kappa shape index (κ1) is 16.2. The Morgan fingerprint density at radius 3 is 2.52 bits per heavy atom. The van der Waals surface area contributed by atoms with Crippen LogP contribution in [0.4, 0.5) is 10.2 Å². The van der Waals surface area contributed by atoms with Crippen molar-refractivity contribution in [3.8, 4) is 11.3 Å². The molecule has 0 spiro atoms. The van der Waals surface area contributed by atoms with E-state index in [2.05, 4.69) is 28.2 Å². The maximum absolute atomic E-state index is 13.3. The van der Waals surface area contributed by atoms with Gasteiger partial charge in [-0.2, -0.15) is 4.52 Å². The summed E-state index contributed by atoms with van der Waals surface area (Å²) in [7, 11) is 0. The Morgan fingerprint density at radius 2 is 1.74 bits per heavy atom. The molecule has 5 rings (SSSR count). The van der Waals surface area contributed by atoms with E-state index in [1.54, 1.807) is 16.6 Å². The number of hydrogen-bond donors (Lipinski definition) is 0. The Kier molecular flexibility index (Phi) is 3.77. The second kappa shape index (κ2) is 6.30. The molecule has 0 atom stereocenters. The zero-order chi connectivity index (χ0) is 18.4. The van der Waals surface area contributed by atoms with Crippen molar-refractivity contribution in [3.63, 3.8) is 0 Å². The fourth-order valence-corrected chi connectivity index (χ4v) is 3.80. The first-order chi connectivity index (χ1) is 13.2. The summed E-state index contributed by atoms with van der Waals surface area (Å²) >= 11 is 0. The second-order valence-electron chi connectivity index (χ2n) is 7.30. The molecule has 0 aliphatic carbocycles. The first-order valence-electron chi connectivity index (χ1n) is 9.36. The van der Waals surface area contributed by atoms with Crippen molar-refractivity contribution in [3.05, 3.63) is 54.3 Å². The standard InChI is InChI=1S/C21H20FN5/c1-14-10-12-26(13-11-14)20-17-4-2-3-5-18(17)27-21(23-20)19(24-25-27)15-6-8-16(22)9-7-15/h2-9,14H,10-13H2,1H3. The molecule has 1 fully saturated rings. The summed E-state index contributed by atoms with van der Waals surface area (Å²) in [5.41, 5.74) is 3.17. The largest absolute Gasteiger partial charge is 0.356 e. The molecule has 5 nitrogen and oxygen atoms in total. The van der Waals surface area contributed by atoms with Crippen molar-refractivity contribution in [1.29, 1.82) is 0 Å². The molecule has 3 heterocycles. The highest BCUT2D eigenvalue weighted by Gasteiger charge is 2.22. The Morgan fingerprint density at radius 1 is 1.00 bits per heavy atom. The zero-order valence-corrected chi connectivity index (χ0v) is 15.1. The Labute approximate surface area is 156 Å². The monoisotopic (exact) mass is 361 g/mol. The molecule has 0 unspecified atom stereocenters. The van der Waals surface area contributed by atoms with Crippen LogP contribution in [-0.2, 0) is 0 Å². The fraction of sp³-hybridized carbons (Fsp3) is 0.286. The smallest absolute Gasteiger partial charge is 0.186 e. The molecule has 1 saturated heterocycles. The number of anilines is 1. The zero-order valence-electron chi connectivity index (χ0n) is 15.1. The average Bonchev–Trinajstić information content (AvgIpc) is 3.13. The van der Waals surface area contributed by atoms with Crippen molar-refractivity contribution < 1.29 is 4.39 Å². The minimum absolute atomic E-state index is 0.267. The number of hydrogen-bond acceptors (Lipinski definition) is 4. The topological polar surface area (TPSA) is 46.3 Å². The van der Waals surface area contributed by atoms with Crippen LogP contribution >= 0.6 is 0 Å². The molecular formula is C21H20FN5. The van der Waals surface area contributed by atoms with Gasteiger partial charge in [-0.15, -0.1) is 5.10 Å². The van der Waals surface area contributed by atoms with Gasteiger partial charge in [0, 0.05) is 24.0 Å². The van der Waals surface area contributed by atoms with E-state index in [0.29, 0.717) is 11.3 Å². The molecule has 0 bridgehead atoms. The third-order valence-electron chi connectivity index (χ3n) is 5.43. The summed E-state index contributed by atoms with van der Waals surface area (Å²) < 4.78 is 15.1. The molecule has 6 heteroatoms. The molecule has 2 aromatic heterocycles. The number of fused-ring (bicyclic) bond motifs is 3. The van der Waals surface area contributed by atoms with Crippen LogP contribution in [0.2, 0.25) is 0 Å². The minimum atomic E-state index is -0.267. The van der Waals surface area contributed by atoms with Crippen LogP contribution in [0.25, 0.3) is 27.8 Å². The van der Waals surface area contributed by atoms with Gasteiger partial charge < -0.3 is 4.90 Å². The summed E-state index contributed by atoms with van der Waals surface area (Å²) in [6.45, 7) is 4.31. The molecule has 0 saturated carbocycles. The quantitative estimate of drug-likeness (QED) is 0.533. The van der Waals surface area contributed by atoms with E-state index in [-0.39, 0.29) is 5.82 Å². The predicted molar refractivity (Wildman–Crippen MR) is 104 cm³/mol. The summed E-state index contributed by atoms with van der Waals surface area (Å²) in [6, 6.07) is 14.5. The molecule has 2 aromatic carbocycles. The average molecular weight is 361 g/mol. The van der Waals surface area contributed by atoms with Gasteiger partial charge >= 0.3 is 0 Å². The van der Waals surface area contributed by atoms with Crippen LogP contribution in [0.1, 0.15) is 19.8 Å². The van der Waals surface area contributed by atoms with Crippen molar-refractivity contribution in [1.82, 2.24) is 19.8 Å². The summed E-state index contributed by atoms with van der Waals surface area (Å²) in [6.07, 6.45) is 2.34. The lowest BCUT2D eigenvalue weighted by Crippen LogP contribution is -2.33. The van der Waals surface area contributed by atoms with E-state index in [9.17, 15) is 4.39 Å². The van der Waals surface area contributed by atoms with Gasteiger partial charge in [0.2, 0.25) is 0 Å². The van der Waals surface area contributed by atoms with Gasteiger partial charge in [0.15, 0.2) is 5.65 Å². The van der Waals surface area contributed by atoms with Crippen molar-refractivity contribution >= 4 is 22.4 Å². The second-order valence-corrected chi connectivity index (χ2v) is 7.30. The Hall–Kier alpha value is -3.02. The van der Waals surface area contributed by atoms with Crippen LogP contribution in [-0.4, -0.2) is 32.9 Å². The maximum Gasteiger partial charge on any atom is 0.186 e. The van der Waals surface area contributed by atoms with Crippen LogP contribution in [0.15, 0.2) is 48.5 Å². The van der Waals surface area contributed by atoms with Crippen molar-refractivity contribution in [2.45, 2.75) is 19.8 Å². The third kappa shape index (κ3) is 2.72. The van der Waals surface area contributed by atoms with Crippen LogP contribution in [0.5, 0.6) is 0 Å². The van der Waals surface area contributed by atoms with E-state index < -0.39 is 0 Å².